The molecule has 1 aromatic carbocycles. The molecule has 0 bridgehead atoms. The lowest BCUT2D eigenvalue weighted by molar-refractivity contribution is 0.105. The molecular weight excluding hydrogens is 267 g/mol. The van der Waals surface area contributed by atoms with Gasteiger partial charge in [-0.3, -0.25) is 0 Å². The van der Waals surface area contributed by atoms with Gasteiger partial charge in [-0.1, -0.05) is 12.1 Å². The van der Waals surface area contributed by atoms with Gasteiger partial charge in [-0.25, -0.2) is 9.37 Å². The molecule has 0 fully saturated rings. The van der Waals surface area contributed by atoms with Crippen LogP contribution < -0.4 is 11.5 Å². The number of aliphatic imine (C=N–C) groups is 1. The van der Waals surface area contributed by atoms with Crippen LogP contribution in [0.3, 0.4) is 0 Å². The summed E-state index contributed by atoms with van der Waals surface area (Å²) >= 11 is 1.34. The van der Waals surface area contributed by atoms with Crippen molar-refractivity contribution in [3.05, 3.63) is 46.7 Å². The Bertz CT molecular complexity index is 563. The third-order valence-corrected chi connectivity index (χ3v) is 2.98. The molecule has 0 unspecified atom stereocenters. The highest BCUT2D eigenvalue weighted by atomic mass is 32.1. The molecule has 0 amide bonds. The predicted octanol–water partition coefficient (Wildman–Crippen LogP) is 1.90. The van der Waals surface area contributed by atoms with Crippen LogP contribution in [0.5, 0.6) is 0 Å². The lowest BCUT2D eigenvalue weighted by atomic mass is 10.2. The van der Waals surface area contributed by atoms with Gasteiger partial charge >= 0.3 is 0 Å². The largest absolute Gasteiger partial charge is 0.370 e. The number of guanidine groups is 1. The second kappa shape index (κ2) is 6.26. The molecule has 0 aliphatic rings. The summed E-state index contributed by atoms with van der Waals surface area (Å²) in [5, 5.41) is 2.33. The minimum Gasteiger partial charge on any atom is -0.370 e. The van der Waals surface area contributed by atoms with E-state index in [1.165, 1.54) is 23.5 Å². The van der Waals surface area contributed by atoms with E-state index in [1.54, 1.807) is 12.1 Å². The van der Waals surface area contributed by atoms with E-state index >= 15 is 0 Å². The van der Waals surface area contributed by atoms with Crippen molar-refractivity contribution in [2.45, 2.75) is 13.2 Å². The van der Waals surface area contributed by atoms with Crippen LogP contribution in [0.1, 0.15) is 11.3 Å². The van der Waals surface area contributed by atoms with Crippen LogP contribution in [0, 0.1) is 5.82 Å². The van der Waals surface area contributed by atoms with Crippen molar-refractivity contribution in [1.82, 2.24) is 4.98 Å². The summed E-state index contributed by atoms with van der Waals surface area (Å²) in [6.07, 6.45) is 0. The average Bonchev–Trinajstić information content (AvgIpc) is 2.78. The van der Waals surface area contributed by atoms with Crippen molar-refractivity contribution in [1.29, 1.82) is 0 Å². The first-order valence-corrected chi connectivity index (χ1v) is 6.37. The topological polar surface area (TPSA) is 86.5 Å². The fourth-order valence-corrected chi connectivity index (χ4v) is 2.07. The van der Waals surface area contributed by atoms with Crippen LogP contribution in [0.15, 0.2) is 34.6 Å². The molecule has 0 saturated carbocycles. The van der Waals surface area contributed by atoms with E-state index in [0.717, 1.165) is 11.3 Å². The van der Waals surface area contributed by atoms with E-state index < -0.39 is 0 Å². The summed E-state index contributed by atoms with van der Waals surface area (Å²) in [5.74, 6) is -0.279. The Hall–Kier alpha value is -1.99. The summed E-state index contributed by atoms with van der Waals surface area (Å²) in [7, 11) is 0. The number of ether oxygens (including phenoxy) is 1. The first-order valence-electron chi connectivity index (χ1n) is 5.50. The molecule has 100 valence electrons. The smallest absolute Gasteiger partial charge is 0.212 e. The zero-order chi connectivity index (χ0) is 13.7. The molecule has 1 heterocycles. The van der Waals surface area contributed by atoms with Gasteiger partial charge in [0.05, 0.1) is 18.9 Å². The molecule has 0 saturated heterocycles. The zero-order valence-electron chi connectivity index (χ0n) is 10.0. The Morgan fingerprint density at radius 3 is 2.68 bits per heavy atom. The molecule has 0 atom stereocenters. The first kappa shape index (κ1) is 13.4. The Balaban J connectivity index is 1.84. The van der Waals surface area contributed by atoms with Crippen LogP contribution >= 0.6 is 11.3 Å². The second-order valence-corrected chi connectivity index (χ2v) is 4.61. The van der Waals surface area contributed by atoms with Gasteiger partial charge in [0.2, 0.25) is 5.13 Å². The molecule has 0 aliphatic carbocycles. The lowest BCUT2D eigenvalue weighted by Gasteiger charge is -2.02. The van der Waals surface area contributed by atoms with Crippen molar-refractivity contribution in [3.63, 3.8) is 0 Å². The highest BCUT2D eigenvalue weighted by Crippen LogP contribution is 2.19. The third-order valence-electron chi connectivity index (χ3n) is 2.20. The van der Waals surface area contributed by atoms with Crippen LogP contribution in [-0.2, 0) is 18.0 Å². The fraction of sp³-hybridized carbons (Fsp3) is 0.167. The van der Waals surface area contributed by atoms with E-state index in [-0.39, 0.29) is 11.8 Å². The molecule has 7 heteroatoms. The summed E-state index contributed by atoms with van der Waals surface area (Å²) in [6, 6.07) is 6.17. The number of halogens is 1. The first-order chi connectivity index (χ1) is 9.13. The van der Waals surface area contributed by atoms with Gasteiger partial charge < -0.3 is 16.2 Å². The summed E-state index contributed by atoms with van der Waals surface area (Å²) < 4.78 is 18.2. The zero-order valence-corrected chi connectivity index (χ0v) is 10.9. The Kier molecular flexibility index (Phi) is 4.43. The molecule has 5 nitrogen and oxygen atoms in total. The molecule has 2 rings (SSSR count). The highest BCUT2D eigenvalue weighted by molar-refractivity contribution is 7.13. The van der Waals surface area contributed by atoms with Crippen molar-refractivity contribution >= 4 is 22.4 Å². The van der Waals surface area contributed by atoms with Gasteiger partial charge in [0.25, 0.3) is 0 Å². The number of nitrogens with two attached hydrogens (primary N) is 2. The number of benzene rings is 1. The number of rotatable bonds is 5. The summed E-state index contributed by atoms with van der Waals surface area (Å²) in [4.78, 5) is 8.02. The summed E-state index contributed by atoms with van der Waals surface area (Å²) in [5.41, 5.74) is 12.2. The van der Waals surface area contributed by atoms with Gasteiger partial charge in [-0.05, 0) is 17.7 Å². The lowest BCUT2D eigenvalue weighted by Crippen LogP contribution is -2.21. The van der Waals surface area contributed by atoms with Gasteiger partial charge in [-0.2, -0.15) is 4.99 Å². The minimum atomic E-state index is -0.259. The molecule has 2 aromatic rings. The Morgan fingerprint density at radius 1 is 1.26 bits per heavy atom. The highest BCUT2D eigenvalue weighted by Gasteiger charge is 2.02. The Morgan fingerprint density at radius 2 is 2.00 bits per heavy atom. The van der Waals surface area contributed by atoms with Crippen LogP contribution in [0.4, 0.5) is 9.52 Å². The molecule has 4 N–H and O–H groups in total. The van der Waals surface area contributed by atoms with Crippen molar-refractivity contribution in [2.24, 2.45) is 16.5 Å². The van der Waals surface area contributed by atoms with E-state index in [2.05, 4.69) is 9.98 Å². The second-order valence-electron chi connectivity index (χ2n) is 3.78. The Labute approximate surface area is 113 Å². The monoisotopic (exact) mass is 280 g/mol. The third kappa shape index (κ3) is 4.31. The van der Waals surface area contributed by atoms with E-state index in [9.17, 15) is 4.39 Å². The fourth-order valence-electron chi connectivity index (χ4n) is 1.38. The van der Waals surface area contributed by atoms with Crippen LogP contribution in [-0.4, -0.2) is 10.9 Å². The SMILES string of the molecule is NC(N)=Nc1nc(COCc2ccc(F)cc2)cs1. The number of thiazole rings is 1. The normalized spacial score (nSPS) is 10.4. The molecule has 0 aliphatic heterocycles. The van der Waals surface area contributed by atoms with Gasteiger partial charge in [0.15, 0.2) is 5.96 Å². The van der Waals surface area contributed by atoms with E-state index in [1.807, 2.05) is 5.38 Å². The number of aromatic nitrogens is 1. The minimum absolute atomic E-state index is 0.0202. The predicted molar refractivity (Wildman–Crippen MR) is 72.5 cm³/mol. The van der Waals surface area contributed by atoms with Crippen LogP contribution in [0.2, 0.25) is 0 Å². The molecule has 1 aromatic heterocycles. The van der Waals surface area contributed by atoms with E-state index in [0.29, 0.717) is 18.3 Å². The van der Waals surface area contributed by atoms with Gasteiger partial charge in [0, 0.05) is 5.38 Å². The van der Waals surface area contributed by atoms with Crippen molar-refractivity contribution in [2.75, 3.05) is 0 Å². The van der Waals surface area contributed by atoms with Crippen molar-refractivity contribution < 1.29 is 9.13 Å². The van der Waals surface area contributed by atoms with Gasteiger partial charge in [-0.15, -0.1) is 11.3 Å². The maximum atomic E-state index is 12.7. The number of hydrogen-bond donors (Lipinski definition) is 2. The molecule has 0 radical (unpaired) electrons. The average molecular weight is 280 g/mol. The molecule has 19 heavy (non-hydrogen) atoms. The quantitative estimate of drug-likeness (QED) is 0.647. The maximum absolute atomic E-state index is 12.7. The number of nitrogens with zero attached hydrogens (tertiary/aromatic N) is 2. The summed E-state index contributed by atoms with van der Waals surface area (Å²) in [6.45, 7) is 0.753. The van der Waals surface area contributed by atoms with Crippen LogP contribution in [0.25, 0.3) is 0 Å². The van der Waals surface area contributed by atoms with Crippen molar-refractivity contribution in [3.8, 4) is 0 Å². The van der Waals surface area contributed by atoms with Gasteiger partial charge in [0.1, 0.15) is 5.82 Å². The molecule has 0 spiro atoms. The molecular formula is C12H13FN4OS. The maximum Gasteiger partial charge on any atom is 0.212 e. The van der Waals surface area contributed by atoms with E-state index in [4.69, 9.17) is 16.2 Å². The number of hydrogen-bond acceptors (Lipinski definition) is 4. The standard InChI is InChI=1S/C12H13FN4OS/c13-9-3-1-8(2-4-9)5-18-6-10-7-19-12(16-10)17-11(14)15/h1-4,7H,5-6H2,(H4,14,15,16,17).